The molecule has 0 saturated carbocycles. The predicted molar refractivity (Wildman–Crippen MR) is 72.4 cm³/mol. The highest BCUT2D eigenvalue weighted by Crippen LogP contribution is 2.19. The van der Waals surface area contributed by atoms with Gasteiger partial charge in [0.1, 0.15) is 0 Å². The van der Waals surface area contributed by atoms with Crippen molar-refractivity contribution in [1.29, 1.82) is 0 Å². The lowest BCUT2D eigenvalue weighted by Gasteiger charge is -2.39. The summed E-state index contributed by atoms with van der Waals surface area (Å²) in [5.41, 5.74) is 0. The van der Waals surface area contributed by atoms with E-state index in [9.17, 15) is 9.90 Å². The summed E-state index contributed by atoms with van der Waals surface area (Å²) in [7, 11) is 0. The van der Waals surface area contributed by atoms with E-state index >= 15 is 0 Å². The van der Waals surface area contributed by atoms with Gasteiger partial charge in [-0.3, -0.25) is 9.69 Å². The maximum Gasteiger partial charge on any atom is 0.216 e. The Hall–Kier alpha value is -0.650. The van der Waals surface area contributed by atoms with E-state index in [1.54, 1.807) is 0 Å². The Labute approximate surface area is 110 Å². The van der Waals surface area contributed by atoms with Crippen LogP contribution < -0.4 is 10.6 Å². The number of amides is 1. The third kappa shape index (κ3) is 5.33. The fourth-order valence-electron chi connectivity index (χ4n) is 2.59. The first-order chi connectivity index (χ1) is 8.52. The number of piperidine rings is 1. The van der Waals surface area contributed by atoms with Gasteiger partial charge in [-0.2, -0.15) is 0 Å². The number of aliphatic hydroxyl groups is 1. The minimum absolute atomic E-state index is 0.0160. The topological polar surface area (TPSA) is 64.6 Å². The molecule has 1 aliphatic heterocycles. The Balaban J connectivity index is 2.42. The molecule has 18 heavy (non-hydrogen) atoms. The van der Waals surface area contributed by atoms with Gasteiger partial charge in [-0.05, 0) is 25.8 Å². The Bertz CT molecular complexity index is 259. The molecule has 0 spiro atoms. The molecule has 5 nitrogen and oxygen atoms in total. The van der Waals surface area contributed by atoms with Crippen LogP contribution in [-0.4, -0.2) is 60.8 Å². The molecule has 1 rings (SSSR count). The number of aliphatic hydroxyl groups excluding tert-OH is 1. The van der Waals surface area contributed by atoms with Crippen molar-refractivity contribution in [2.24, 2.45) is 5.92 Å². The number of nitrogens with zero attached hydrogens (tertiary/aromatic N) is 1. The second-order valence-corrected chi connectivity index (χ2v) is 5.23. The van der Waals surface area contributed by atoms with Gasteiger partial charge in [-0.1, -0.05) is 6.92 Å². The maximum absolute atomic E-state index is 10.8. The Morgan fingerprint density at radius 2 is 2.22 bits per heavy atom. The zero-order valence-electron chi connectivity index (χ0n) is 11.8. The molecule has 1 saturated heterocycles. The molecule has 3 unspecified atom stereocenters. The molecule has 0 aromatic heterocycles. The summed E-state index contributed by atoms with van der Waals surface area (Å²) in [5, 5.41) is 16.0. The number of carbonyl (C=O) groups excluding carboxylic acids is 1. The van der Waals surface area contributed by atoms with Gasteiger partial charge in [0.05, 0.1) is 6.10 Å². The number of rotatable bonds is 6. The van der Waals surface area contributed by atoms with E-state index in [2.05, 4.69) is 22.5 Å². The molecule has 106 valence electrons. The highest BCUT2D eigenvalue weighted by atomic mass is 16.3. The average Bonchev–Trinajstić information content (AvgIpc) is 2.28. The van der Waals surface area contributed by atoms with E-state index in [4.69, 9.17) is 0 Å². The minimum atomic E-state index is -0.269. The van der Waals surface area contributed by atoms with Crippen LogP contribution in [0.3, 0.4) is 0 Å². The molecule has 0 bridgehead atoms. The number of hydrogen-bond acceptors (Lipinski definition) is 4. The molecule has 0 aliphatic carbocycles. The van der Waals surface area contributed by atoms with E-state index in [0.717, 1.165) is 32.6 Å². The van der Waals surface area contributed by atoms with Crippen LogP contribution in [0.15, 0.2) is 0 Å². The highest BCUT2D eigenvalue weighted by Gasteiger charge is 2.29. The van der Waals surface area contributed by atoms with E-state index in [0.29, 0.717) is 18.5 Å². The molecule has 1 fully saturated rings. The lowest BCUT2D eigenvalue weighted by atomic mass is 9.90. The van der Waals surface area contributed by atoms with Crippen molar-refractivity contribution >= 4 is 5.91 Å². The molecule has 1 aliphatic rings. The summed E-state index contributed by atoms with van der Waals surface area (Å²) < 4.78 is 0. The highest BCUT2D eigenvalue weighted by molar-refractivity contribution is 5.72. The maximum atomic E-state index is 10.8. The number of likely N-dealkylation sites (tertiary alicyclic amines) is 1. The van der Waals surface area contributed by atoms with Crippen molar-refractivity contribution in [3.8, 4) is 0 Å². The molecule has 0 radical (unpaired) electrons. The molecule has 1 amide bonds. The second kappa shape index (κ2) is 7.71. The largest absolute Gasteiger partial charge is 0.393 e. The number of likely N-dealkylation sites (N-methyl/N-ethyl adjacent to an activating group) is 1. The molecule has 5 heteroatoms. The smallest absolute Gasteiger partial charge is 0.216 e. The monoisotopic (exact) mass is 257 g/mol. The van der Waals surface area contributed by atoms with Crippen molar-refractivity contribution in [2.45, 2.75) is 39.3 Å². The predicted octanol–water partition coefficient (Wildman–Crippen LogP) is -0.197. The fourth-order valence-corrected chi connectivity index (χ4v) is 2.59. The lowest BCUT2D eigenvalue weighted by Crippen LogP contribution is -2.52. The van der Waals surface area contributed by atoms with E-state index in [1.807, 2.05) is 6.92 Å². The first-order valence-corrected chi connectivity index (χ1v) is 6.91. The van der Waals surface area contributed by atoms with Gasteiger partial charge in [-0.25, -0.2) is 0 Å². The van der Waals surface area contributed by atoms with Crippen LogP contribution in [0.5, 0.6) is 0 Å². The van der Waals surface area contributed by atoms with Gasteiger partial charge >= 0.3 is 0 Å². The molecule has 1 heterocycles. The van der Waals surface area contributed by atoms with Gasteiger partial charge < -0.3 is 15.7 Å². The quantitative estimate of drug-likeness (QED) is 0.617. The van der Waals surface area contributed by atoms with Crippen LogP contribution in [0.4, 0.5) is 0 Å². The summed E-state index contributed by atoms with van der Waals surface area (Å²) in [6.45, 7) is 9.91. The van der Waals surface area contributed by atoms with Crippen LogP contribution in [0, 0.1) is 5.92 Å². The van der Waals surface area contributed by atoms with Crippen LogP contribution in [0.25, 0.3) is 0 Å². The van der Waals surface area contributed by atoms with E-state index < -0.39 is 0 Å². The van der Waals surface area contributed by atoms with Gasteiger partial charge in [0.15, 0.2) is 0 Å². The normalized spacial score (nSPS) is 26.9. The molecule has 3 atom stereocenters. The Morgan fingerprint density at radius 3 is 2.78 bits per heavy atom. The minimum Gasteiger partial charge on any atom is -0.393 e. The lowest BCUT2D eigenvalue weighted by molar-refractivity contribution is -0.119. The number of nitrogens with one attached hydrogen (secondary N) is 2. The van der Waals surface area contributed by atoms with Gasteiger partial charge in [0.2, 0.25) is 5.91 Å². The average molecular weight is 257 g/mol. The molecule has 3 N–H and O–H groups in total. The summed E-state index contributed by atoms with van der Waals surface area (Å²) in [6.07, 6.45) is 0.761. The fraction of sp³-hybridized carbons (Fsp3) is 0.923. The third-order valence-electron chi connectivity index (χ3n) is 3.54. The van der Waals surface area contributed by atoms with E-state index in [-0.39, 0.29) is 12.0 Å². The van der Waals surface area contributed by atoms with Crippen LogP contribution in [0.2, 0.25) is 0 Å². The summed E-state index contributed by atoms with van der Waals surface area (Å²) >= 11 is 0. The SMILES string of the molecule is CCNC1CC(C(C)O)CN(CCNC(C)=O)C1. The first kappa shape index (κ1) is 15.4. The second-order valence-electron chi connectivity index (χ2n) is 5.23. The summed E-state index contributed by atoms with van der Waals surface area (Å²) in [6, 6.07) is 0.445. The van der Waals surface area contributed by atoms with Crippen LogP contribution in [-0.2, 0) is 4.79 Å². The molecular weight excluding hydrogens is 230 g/mol. The number of carbonyl (C=O) groups is 1. The standard InChI is InChI=1S/C13H27N3O2/c1-4-14-13-7-12(10(2)17)8-16(9-13)6-5-15-11(3)18/h10,12-14,17H,4-9H2,1-3H3,(H,15,18). The van der Waals surface area contributed by atoms with Gasteiger partial charge in [0.25, 0.3) is 0 Å². The Kier molecular flexibility index (Phi) is 6.60. The van der Waals surface area contributed by atoms with Crippen molar-refractivity contribution in [1.82, 2.24) is 15.5 Å². The Morgan fingerprint density at radius 1 is 1.50 bits per heavy atom. The summed E-state index contributed by atoms with van der Waals surface area (Å²) in [5.74, 6) is 0.336. The van der Waals surface area contributed by atoms with Gasteiger partial charge in [-0.15, -0.1) is 0 Å². The zero-order chi connectivity index (χ0) is 13.5. The van der Waals surface area contributed by atoms with Crippen molar-refractivity contribution in [2.75, 3.05) is 32.7 Å². The molecule has 0 aromatic carbocycles. The van der Waals surface area contributed by atoms with Crippen LogP contribution in [0.1, 0.15) is 27.2 Å². The summed E-state index contributed by atoms with van der Waals surface area (Å²) in [4.78, 5) is 13.2. The molecular formula is C13H27N3O2. The number of hydrogen-bond donors (Lipinski definition) is 3. The van der Waals surface area contributed by atoms with Crippen LogP contribution >= 0.6 is 0 Å². The van der Waals surface area contributed by atoms with E-state index in [1.165, 1.54) is 6.92 Å². The third-order valence-corrected chi connectivity index (χ3v) is 3.54. The van der Waals surface area contributed by atoms with Crippen molar-refractivity contribution in [3.05, 3.63) is 0 Å². The van der Waals surface area contributed by atoms with Crippen molar-refractivity contribution < 1.29 is 9.90 Å². The van der Waals surface area contributed by atoms with Gasteiger partial charge in [0, 0.05) is 39.1 Å². The van der Waals surface area contributed by atoms with Crippen molar-refractivity contribution in [3.63, 3.8) is 0 Å². The first-order valence-electron chi connectivity index (χ1n) is 6.91. The zero-order valence-corrected chi connectivity index (χ0v) is 11.8. The molecule has 0 aromatic rings.